The van der Waals surface area contributed by atoms with Crippen LogP contribution >= 0.6 is 0 Å². The van der Waals surface area contributed by atoms with Gasteiger partial charge in [0.05, 0.1) is 6.54 Å². The first-order chi connectivity index (χ1) is 10.5. The molecule has 118 valence electrons. The van der Waals surface area contributed by atoms with Crippen LogP contribution in [0.5, 0.6) is 0 Å². The third-order valence-corrected chi connectivity index (χ3v) is 3.37. The molecule has 7 heteroatoms. The van der Waals surface area contributed by atoms with E-state index >= 15 is 0 Å². The van der Waals surface area contributed by atoms with Gasteiger partial charge in [-0.2, -0.15) is 0 Å². The van der Waals surface area contributed by atoms with Gasteiger partial charge in [0.15, 0.2) is 6.10 Å². The van der Waals surface area contributed by atoms with Crippen molar-refractivity contribution in [3.8, 4) is 0 Å². The summed E-state index contributed by atoms with van der Waals surface area (Å²) < 4.78 is 4.73. The van der Waals surface area contributed by atoms with Gasteiger partial charge in [-0.25, -0.2) is 4.79 Å². The number of amides is 2. The second-order valence-corrected chi connectivity index (χ2v) is 5.11. The van der Waals surface area contributed by atoms with Crippen LogP contribution in [0.15, 0.2) is 24.3 Å². The molecule has 0 aliphatic heterocycles. The lowest BCUT2D eigenvalue weighted by atomic mass is 10.2. The van der Waals surface area contributed by atoms with Crippen molar-refractivity contribution in [1.29, 1.82) is 0 Å². The first-order valence-corrected chi connectivity index (χ1v) is 6.96. The maximum absolute atomic E-state index is 11.9. The van der Waals surface area contributed by atoms with E-state index in [-0.39, 0.29) is 18.4 Å². The van der Waals surface area contributed by atoms with Crippen LogP contribution in [0, 0.1) is 5.92 Å². The Hall–Kier alpha value is -2.41. The van der Waals surface area contributed by atoms with Crippen LogP contribution in [-0.2, 0) is 14.3 Å². The summed E-state index contributed by atoms with van der Waals surface area (Å²) in [7, 11) is 1.27. The number of methoxy groups -OCH3 is 1. The molecule has 7 nitrogen and oxygen atoms in total. The molecule has 1 unspecified atom stereocenters. The fourth-order valence-corrected chi connectivity index (χ4v) is 1.85. The Morgan fingerprint density at radius 2 is 1.91 bits per heavy atom. The van der Waals surface area contributed by atoms with Crippen molar-refractivity contribution in [3.05, 3.63) is 29.8 Å². The van der Waals surface area contributed by atoms with Crippen molar-refractivity contribution in [3.63, 3.8) is 0 Å². The average Bonchev–Trinajstić information content (AvgIpc) is 3.32. The number of benzene rings is 1. The minimum Gasteiger partial charge on any atom is -0.479 e. The summed E-state index contributed by atoms with van der Waals surface area (Å²) in [5, 5.41) is 14.1. The van der Waals surface area contributed by atoms with Gasteiger partial charge in [0.1, 0.15) is 0 Å². The molecule has 2 amide bonds. The number of hydrogen-bond donors (Lipinski definition) is 3. The van der Waals surface area contributed by atoms with Gasteiger partial charge < -0.3 is 20.5 Å². The zero-order chi connectivity index (χ0) is 16.1. The molecule has 0 aromatic heterocycles. The van der Waals surface area contributed by atoms with Gasteiger partial charge in [0.25, 0.3) is 5.91 Å². The van der Waals surface area contributed by atoms with Crippen LogP contribution in [0.1, 0.15) is 23.2 Å². The number of nitrogens with one attached hydrogen (secondary N) is 2. The van der Waals surface area contributed by atoms with E-state index in [0.29, 0.717) is 11.3 Å². The van der Waals surface area contributed by atoms with Crippen LogP contribution in [0.2, 0.25) is 0 Å². The van der Waals surface area contributed by atoms with Gasteiger partial charge in [0.2, 0.25) is 5.91 Å². The molecule has 1 aromatic rings. The van der Waals surface area contributed by atoms with Gasteiger partial charge in [-0.3, -0.25) is 9.59 Å². The number of carbonyl (C=O) groups is 3. The molecule has 0 saturated heterocycles. The minimum atomic E-state index is -1.14. The van der Waals surface area contributed by atoms with Crippen LogP contribution in [0.3, 0.4) is 0 Å². The van der Waals surface area contributed by atoms with E-state index in [1.165, 1.54) is 7.11 Å². The van der Waals surface area contributed by atoms with Crippen molar-refractivity contribution in [2.75, 3.05) is 19.0 Å². The number of carboxylic acids is 1. The van der Waals surface area contributed by atoms with Gasteiger partial charge in [0, 0.05) is 24.3 Å². The van der Waals surface area contributed by atoms with Crippen molar-refractivity contribution >= 4 is 23.5 Å². The van der Waals surface area contributed by atoms with Crippen LogP contribution in [0.25, 0.3) is 0 Å². The third-order valence-electron chi connectivity index (χ3n) is 3.37. The molecule has 1 saturated carbocycles. The van der Waals surface area contributed by atoms with E-state index in [4.69, 9.17) is 9.84 Å². The quantitative estimate of drug-likeness (QED) is 0.693. The van der Waals surface area contributed by atoms with Gasteiger partial charge in [-0.05, 0) is 37.1 Å². The zero-order valence-corrected chi connectivity index (χ0v) is 12.2. The first-order valence-electron chi connectivity index (χ1n) is 6.96. The lowest BCUT2D eigenvalue weighted by molar-refractivity contribution is -0.148. The Bertz CT molecular complexity index is 566. The van der Waals surface area contributed by atoms with E-state index in [9.17, 15) is 14.4 Å². The maximum atomic E-state index is 11.9. The Morgan fingerprint density at radius 1 is 1.27 bits per heavy atom. The molecule has 0 bridgehead atoms. The molecule has 1 aromatic carbocycles. The van der Waals surface area contributed by atoms with Crippen molar-refractivity contribution in [2.24, 2.45) is 5.92 Å². The molecule has 0 radical (unpaired) electrons. The third kappa shape index (κ3) is 4.29. The van der Waals surface area contributed by atoms with E-state index < -0.39 is 18.0 Å². The second kappa shape index (κ2) is 7.04. The Balaban J connectivity index is 1.87. The highest BCUT2D eigenvalue weighted by Gasteiger charge is 2.29. The molecular weight excluding hydrogens is 288 g/mol. The largest absolute Gasteiger partial charge is 0.479 e. The summed E-state index contributed by atoms with van der Waals surface area (Å²) in [6.07, 6.45) is 0.772. The average molecular weight is 306 g/mol. The Morgan fingerprint density at radius 3 is 2.41 bits per heavy atom. The zero-order valence-electron chi connectivity index (χ0n) is 12.2. The lowest BCUT2D eigenvalue weighted by Crippen LogP contribution is -2.37. The van der Waals surface area contributed by atoms with Crippen molar-refractivity contribution in [2.45, 2.75) is 18.9 Å². The smallest absolute Gasteiger partial charge is 0.334 e. The SMILES string of the molecule is COC(CNC(=O)c1ccc(NC(=O)C2CC2)cc1)C(=O)O. The molecule has 0 spiro atoms. The molecule has 0 heterocycles. The first kappa shape index (κ1) is 16.0. The summed E-state index contributed by atoms with van der Waals surface area (Å²) in [6.45, 7) is -0.120. The monoisotopic (exact) mass is 306 g/mol. The molecule has 1 aliphatic carbocycles. The summed E-state index contributed by atoms with van der Waals surface area (Å²) in [5.41, 5.74) is 1.01. The normalized spacial score (nSPS) is 15.0. The number of rotatable bonds is 7. The van der Waals surface area contributed by atoms with Gasteiger partial charge in [-0.1, -0.05) is 0 Å². The maximum Gasteiger partial charge on any atom is 0.334 e. The molecule has 2 rings (SSSR count). The molecule has 22 heavy (non-hydrogen) atoms. The Kier molecular flexibility index (Phi) is 5.11. The molecule has 1 fully saturated rings. The summed E-state index contributed by atoms with van der Waals surface area (Å²) in [4.78, 5) is 34.3. The van der Waals surface area contributed by atoms with E-state index in [1.54, 1.807) is 24.3 Å². The predicted molar refractivity (Wildman–Crippen MR) is 78.6 cm³/mol. The number of ether oxygens (including phenoxy) is 1. The number of hydrogen-bond acceptors (Lipinski definition) is 4. The van der Waals surface area contributed by atoms with E-state index in [1.807, 2.05) is 0 Å². The molecular formula is C15H18N2O5. The Labute approximate surface area is 127 Å². The van der Waals surface area contributed by atoms with Crippen molar-refractivity contribution < 1.29 is 24.2 Å². The van der Waals surface area contributed by atoms with Crippen LogP contribution in [0.4, 0.5) is 5.69 Å². The fraction of sp³-hybridized carbons (Fsp3) is 0.400. The van der Waals surface area contributed by atoms with Gasteiger partial charge in [-0.15, -0.1) is 0 Å². The molecule has 1 atom stereocenters. The molecule has 3 N–H and O–H groups in total. The highest BCUT2D eigenvalue weighted by molar-refractivity contribution is 5.97. The van der Waals surface area contributed by atoms with E-state index in [2.05, 4.69) is 10.6 Å². The number of aliphatic carboxylic acids is 1. The highest BCUT2D eigenvalue weighted by atomic mass is 16.5. The lowest BCUT2D eigenvalue weighted by Gasteiger charge is -2.11. The minimum absolute atomic E-state index is 0.00148. The summed E-state index contributed by atoms with van der Waals surface area (Å²) in [5.74, 6) is -1.42. The second-order valence-electron chi connectivity index (χ2n) is 5.11. The molecule has 1 aliphatic rings. The predicted octanol–water partition coefficient (Wildman–Crippen LogP) is 0.864. The van der Waals surface area contributed by atoms with Crippen LogP contribution < -0.4 is 10.6 Å². The number of carbonyl (C=O) groups excluding carboxylic acids is 2. The highest BCUT2D eigenvalue weighted by Crippen LogP contribution is 2.30. The van der Waals surface area contributed by atoms with Crippen molar-refractivity contribution in [1.82, 2.24) is 5.32 Å². The van der Waals surface area contributed by atoms with E-state index in [0.717, 1.165) is 12.8 Å². The summed E-state index contributed by atoms with van der Waals surface area (Å²) >= 11 is 0. The fourth-order valence-electron chi connectivity index (χ4n) is 1.85. The summed E-state index contributed by atoms with van der Waals surface area (Å²) in [6, 6.07) is 6.42. The number of carboxylic acid groups (broad SMARTS) is 1. The topological polar surface area (TPSA) is 105 Å². The van der Waals surface area contributed by atoms with Crippen LogP contribution in [-0.4, -0.2) is 42.6 Å². The number of anilines is 1. The van der Waals surface area contributed by atoms with Gasteiger partial charge >= 0.3 is 5.97 Å². The standard InChI is InChI=1S/C15H18N2O5/c1-22-12(15(20)21)8-16-13(18)9-4-6-11(7-5-9)17-14(19)10-2-3-10/h4-7,10,12H,2-3,8H2,1H3,(H,16,18)(H,17,19)(H,20,21).